The molecule has 0 saturated carbocycles. The first-order chi connectivity index (χ1) is 9.56. The molecular formula is C18H30FN. The molecule has 0 heterocycles. The van der Waals surface area contributed by atoms with E-state index in [4.69, 9.17) is 0 Å². The monoisotopic (exact) mass is 279 g/mol. The molecule has 1 atom stereocenters. The zero-order valence-corrected chi connectivity index (χ0v) is 13.5. The maximum Gasteiger partial charge on any atom is 0.123 e. The minimum absolute atomic E-state index is 0.147. The van der Waals surface area contributed by atoms with Crippen LogP contribution in [0.15, 0.2) is 24.3 Å². The lowest BCUT2D eigenvalue weighted by Crippen LogP contribution is -2.31. The van der Waals surface area contributed by atoms with Crippen molar-refractivity contribution in [2.75, 3.05) is 13.1 Å². The molecule has 1 aromatic carbocycles. The van der Waals surface area contributed by atoms with Gasteiger partial charge in [-0.2, -0.15) is 0 Å². The Labute approximate surface area is 124 Å². The Morgan fingerprint density at radius 1 is 0.950 bits per heavy atom. The fourth-order valence-corrected chi connectivity index (χ4v) is 2.84. The van der Waals surface area contributed by atoms with Crippen molar-refractivity contribution in [3.8, 4) is 0 Å². The van der Waals surface area contributed by atoms with Crippen LogP contribution in [0.4, 0.5) is 4.39 Å². The third-order valence-corrected chi connectivity index (χ3v) is 4.09. The molecule has 0 fully saturated rings. The molecule has 0 aliphatic carbocycles. The van der Waals surface area contributed by atoms with Crippen LogP contribution in [0.25, 0.3) is 0 Å². The second-order valence-corrected chi connectivity index (χ2v) is 6.22. The molecule has 1 N–H and O–H groups in total. The Morgan fingerprint density at radius 2 is 1.55 bits per heavy atom. The molecule has 0 aliphatic heterocycles. The van der Waals surface area contributed by atoms with Crippen LogP contribution in [0.1, 0.15) is 46.1 Å². The van der Waals surface area contributed by atoms with Crippen molar-refractivity contribution in [3.05, 3.63) is 35.6 Å². The van der Waals surface area contributed by atoms with E-state index in [1.165, 1.54) is 18.4 Å². The van der Waals surface area contributed by atoms with Crippen LogP contribution in [0.3, 0.4) is 0 Å². The van der Waals surface area contributed by atoms with E-state index in [1.54, 1.807) is 12.1 Å². The normalized spacial score (nSPS) is 13.2. The van der Waals surface area contributed by atoms with Crippen molar-refractivity contribution >= 4 is 0 Å². The summed E-state index contributed by atoms with van der Waals surface area (Å²) >= 11 is 0. The van der Waals surface area contributed by atoms with Gasteiger partial charge in [-0.05, 0) is 55.0 Å². The van der Waals surface area contributed by atoms with Crippen LogP contribution in [-0.4, -0.2) is 13.1 Å². The van der Waals surface area contributed by atoms with Gasteiger partial charge in [-0.25, -0.2) is 4.39 Å². The van der Waals surface area contributed by atoms with Crippen LogP contribution in [0, 0.1) is 23.6 Å². The molecule has 1 rings (SSSR count). The summed E-state index contributed by atoms with van der Waals surface area (Å²) in [6, 6.07) is 6.99. The third-order valence-electron chi connectivity index (χ3n) is 4.09. The summed E-state index contributed by atoms with van der Waals surface area (Å²) in [7, 11) is 0. The quantitative estimate of drug-likeness (QED) is 0.693. The van der Waals surface area contributed by atoms with Crippen molar-refractivity contribution in [2.45, 2.75) is 47.0 Å². The molecule has 0 amide bonds. The minimum atomic E-state index is -0.147. The van der Waals surface area contributed by atoms with Gasteiger partial charge in [0, 0.05) is 0 Å². The van der Waals surface area contributed by atoms with E-state index < -0.39 is 0 Å². The number of nitrogens with one attached hydrogen (secondary N) is 1. The first kappa shape index (κ1) is 17.2. The Bertz CT molecular complexity index is 354. The molecule has 1 unspecified atom stereocenters. The predicted octanol–water partition coefficient (Wildman–Crippen LogP) is 4.67. The molecule has 0 spiro atoms. The summed E-state index contributed by atoms with van der Waals surface area (Å²) in [5.41, 5.74) is 1.25. The highest BCUT2D eigenvalue weighted by Gasteiger charge is 2.18. The summed E-state index contributed by atoms with van der Waals surface area (Å²) in [6.45, 7) is 11.1. The van der Waals surface area contributed by atoms with Crippen molar-refractivity contribution in [1.82, 2.24) is 5.32 Å². The summed E-state index contributed by atoms with van der Waals surface area (Å²) in [5, 5.41) is 3.59. The highest BCUT2D eigenvalue weighted by Crippen LogP contribution is 2.23. The average molecular weight is 279 g/mol. The van der Waals surface area contributed by atoms with Crippen LogP contribution >= 0.6 is 0 Å². The number of rotatable bonds is 9. The first-order valence-electron chi connectivity index (χ1n) is 8.01. The van der Waals surface area contributed by atoms with Crippen molar-refractivity contribution < 1.29 is 4.39 Å². The molecule has 2 heteroatoms. The molecule has 1 aromatic rings. The van der Waals surface area contributed by atoms with Gasteiger partial charge in [0.15, 0.2) is 0 Å². The molecule has 114 valence electrons. The Hall–Kier alpha value is -0.890. The van der Waals surface area contributed by atoms with Crippen LogP contribution < -0.4 is 5.32 Å². The van der Waals surface area contributed by atoms with Crippen LogP contribution in [0.2, 0.25) is 0 Å². The van der Waals surface area contributed by atoms with E-state index in [0.29, 0.717) is 11.8 Å². The number of halogens is 1. The van der Waals surface area contributed by atoms with E-state index in [0.717, 1.165) is 25.4 Å². The van der Waals surface area contributed by atoms with E-state index in [2.05, 4.69) is 33.0 Å². The average Bonchev–Trinajstić information content (AvgIpc) is 2.42. The van der Waals surface area contributed by atoms with E-state index in [1.807, 2.05) is 12.1 Å². The van der Waals surface area contributed by atoms with Gasteiger partial charge >= 0.3 is 0 Å². The lowest BCUT2D eigenvalue weighted by molar-refractivity contribution is 0.294. The van der Waals surface area contributed by atoms with Gasteiger partial charge in [-0.3, -0.25) is 0 Å². The summed E-state index contributed by atoms with van der Waals surface area (Å²) in [4.78, 5) is 0. The standard InChI is InChI=1S/C18H30FN/c1-5-16(6-2)17(13-20-12-14(3)4)11-15-7-9-18(19)10-8-15/h7-10,14,16-17,20H,5-6,11-13H2,1-4H3. The van der Waals surface area contributed by atoms with E-state index in [9.17, 15) is 4.39 Å². The molecule has 20 heavy (non-hydrogen) atoms. The lowest BCUT2D eigenvalue weighted by atomic mass is 9.83. The second kappa shape index (κ2) is 9.12. The molecular weight excluding hydrogens is 249 g/mol. The fourth-order valence-electron chi connectivity index (χ4n) is 2.84. The number of hydrogen-bond acceptors (Lipinski definition) is 1. The SMILES string of the molecule is CCC(CC)C(CNCC(C)C)Cc1ccc(F)cc1. The van der Waals surface area contributed by atoms with Gasteiger partial charge < -0.3 is 5.32 Å². The third kappa shape index (κ3) is 6.04. The number of hydrogen-bond donors (Lipinski definition) is 1. The van der Waals surface area contributed by atoms with E-state index >= 15 is 0 Å². The summed E-state index contributed by atoms with van der Waals surface area (Å²) in [6.07, 6.45) is 3.47. The molecule has 0 bridgehead atoms. The van der Waals surface area contributed by atoms with Crippen LogP contribution in [0.5, 0.6) is 0 Å². The van der Waals surface area contributed by atoms with Gasteiger partial charge in [0.05, 0.1) is 0 Å². The number of benzene rings is 1. The molecule has 0 saturated heterocycles. The van der Waals surface area contributed by atoms with E-state index in [-0.39, 0.29) is 5.82 Å². The van der Waals surface area contributed by atoms with Crippen molar-refractivity contribution in [2.24, 2.45) is 17.8 Å². The summed E-state index contributed by atoms with van der Waals surface area (Å²) in [5.74, 6) is 1.91. The van der Waals surface area contributed by atoms with Crippen LogP contribution in [-0.2, 0) is 6.42 Å². The molecule has 0 radical (unpaired) electrons. The van der Waals surface area contributed by atoms with Gasteiger partial charge in [0.25, 0.3) is 0 Å². The second-order valence-electron chi connectivity index (χ2n) is 6.22. The molecule has 0 aromatic heterocycles. The Morgan fingerprint density at radius 3 is 2.05 bits per heavy atom. The molecule has 0 aliphatic rings. The van der Waals surface area contributed by atoms with Crippen molar-refractivity contribution in [3.63, 3.8) is 0 Å². The highest BCUT2D eigenvalue weighted by atomic mass is 19.1. The van der Waals surface area contributed by atoms with Gasteiger partial charge in [0.1, 0.15) is 5.82 Å². The van der Waals surface area contributed by atoms with Gasteiger partial charge in [-0.1, -0.05) is 52.7 Å². The fraction of sp³-hybridized carbons (Fsp3) is 0.667. The lowest BCUT2D eigenvalue weighted by Gasteiger charge is -2.26. The Kier molecular flexibility index (Phi) is 7.83. The topological polar surface area (TPSA) is 12.0 Å². The maximum absolute atomic E-state index is 13.0. The maximum atomic E-state index is 13.0. The van der Waals surface area contributed by atoms with Crippen molar-refractivity contribution in [1.29, 1.82) is 0 Å². The zero-order valence-electron chi connectivity index (χ0n) is 13.5. The summed E-state index contributed by atoms with van der Waals surface area (Å²) < 4.78 is 13.0. The first-order valence-corrected chi connectivity index (χ1v) is 8.01. The molecule has 1 nitrogen and oxygen atoms in total. The zero-order chi connectivity index (χ0) is 15.0. The Balaban J connectivity index is 2.63. The predicted molar refractivity (Wildman–Crippen MR) is 85.4 cm³/mol. The largest absolute Gasteiger partial charge is 0.316 e. The minimum Gasteiger partial charge on any atom is -0.316 e. The van der Waals surface area contributed by atoms with Gasteiger partial charge in [-0.15, -0.1) is 0 Å². The van der Waals surface area contributed by atoms with Gasteiger partial charge in [0.2, 0.25) is 0 Å². The smallest absolute Gasteiger partial charge is 0.123 e. The highest BCUT2D eigenvalue weighted by molar-refractivity contribution is 5.16.